The molecule has 0 fully saturated rings. The predicted octanol–water partition coefficient (Wildman–Crippen LogP) is 16.6. The first-order chi connectivity index (χ1) is 33.1. The number of phenols is 1. The molecule has 0 saturated carbocycles. The Balaban J connectivity index is 1.43. The van der Waals surface area contributed by atoms with Gasteiger partial charge in [0, 0.05) is 27.0 Å². The van der Waals surface area contributed by atoms with Crippen molar-refractivity contribution in [1.82, 2.24) is 14.5 Å². The Bertz CT molecular complexity index is 3320. The molecule has 4 heteroatoms. The number of imidazole rings is 1. The fourth-order valence-corrected chi connectivity index (χ4v) is 8.35. The molecule has 64 heavy (non-hydrogen) atoms. The zero-order chi connectivity index (χ0) is 51.9. The highest BCUT2D eigenvalue weighted by Gasteiger charge is 2.35. The highest BCUT2D eigenvalue weighted by molar-refractivity contribution is 5.98. The van der Waals surface area contributed by atoms with Crippen molar-refractivity contribution >= 4 is 11.0 Å². The Kier molecular flexibility index (Phi) is 9.43. The van der Waals surface area contributed by atoms with Gasteiger partial charge in [-0.15, -0.1) is 0 Å². The lowest BCUT2D eigenvalue weighted by Crippen LogP contribution is -2.34. The van der Waals surface area contributed by atoms with Crippen LogP contribution in [0.2, 0.25) is 0 Å². The van der Waals surface area contributed by atoms with Crippen molar-refractivity contribution in [1.29, 1.82) is 0 Å². The summed E-state index contributed by atoms with van der Waals surface area (Å²) in [6.07, 6.45) is 1.58. The number of rotatable bonds is 9. The van der Waals surface area contributed by atoms with E-state index in [2.05, 4.69) is 179 Å². The zero-order valence-electron chi connectivity index (χ0n) is 46.4. The normalized spacial score (nSPS) is 14.2. The van der Waals surface area contributed by atoms with Crippen molar-refractivity contribution < 1.29 is 14.7 Å². The van der Waals surface area contributed by atoms with Crippen LogP contribution in [0.1, 0.15) is 132 Å². The van der Waals surface area contributed by atoms with Crippen molar-refractivity contribution in [3.63, 3.8) is 0 Å². The van der Waals surface area contributed by atoms with E-state index in [1.165, 1.54) is 5.56 Å². The van der Waals surface area contributed by atoms with Crippen LogP contribution in [0.3, 0.4) is 0 Å². The maximum Gasteiger partial charge on any atom is 0.149 e. The Labute approximate surface area is 392 Å². The van der Waals surface area contributed by atoms with Crippen molar-refractivity contribution in [2.45, 2.75) is 113 Å². The number of fused-ring (bicyclic) bond motifs is 1. The molecule has 0 unspecified atom stereocenters. The van der Waals surface area contributed by atoms with E-state index in [4.69, 9.17) is 19.6 Å². The lowest BCUT2D eigenvalue weighted by atomic mass is 9.65. The maximum atomic E-state index is 12.4. The Morgan fingerprint density at radius 1 is 0.609 bits per heavy atom. The molecule has 2 heterocycles. The molecule has 8 rings (SSSR count). The summed E-state index contributed by atoms with van der Waals surface area (Å²) in [6, 6.07) is 35.3. The zero-order valence-corrected chi connectivity index (χ0v) is 39.4. The third kappa shape index (κ3) is 8.31. The summed E-state index contributed by atoms with van der Waals surface area (Å²) in [4.78, 5) is 10.4. The van der Waals surface area contributed by atoms with Gasteiger partial charge in [0.25, 0.3) is 0 Å². The number of hydrogen-bond donors (Lipinski definition) is 1. The van der Waals surface area contributed by atoms with Crippen molar-refractivity contribution in [2.75, 3.05) is 0 Å². The van der Waals surface area contributed by atoms with Gasteiger partial charge in [-0.05, 0) is 128 Å². The molecule has 0 aliphatic heterocycles. The van der Waals surface area contributed by atoms with Crippen LogP contribution in [0.4, 0.5) is 0 Å². The molecule has 0 atom stereocenters. The van der Waals surface area contributed by atoms with E-state index >= 15 is 0 Å². The molecule has 6 aromatic carbocycles. The third-order valence-electron chi connectivity index (χ3n) is 13.4. The summed E-state index contributed by atoms with van der Waals surface area (Å²) >= 11 is 0. The van der Waals surface area contributed by atoms with Crippen LogP contribution < -0.4 is 0 Å². The number of benzene rings is 6. The largest absolute Gasteiger partial charge is 0.507 e. The second-order valence-corrected chi connectivity index (χ2v) is 20.5. The number of phenolic OH excluding ortho intramolecular Hbond substituents is 1. The summed E-state index contributed by atoms with van der Waals surface area (Å²) in [5.74, 6) is 1.04. The van der Waals surface area contributed by atoms with Crippen LogP contribution in [0, 0.1) is 12.3 Å². The Hall–Kier alpha value is -6.26. The fraction of sp³-hybridized carbons (Fsp3) is 0.300. The molecular weight excluding hydrogens is 779 g/mol. The Morgan fingerprint density at radius 2 is 1.33 bits per heavy atom. The first-order valence-electron chi connectivity index (χ1n) is 25.9. The molecule has 4 nitrogen and oxygen atoms in total. The van der Waals surface area contributed by atoms with Gasteiger partial charge in [0.2, 0.25) is 0 Å². The Morgan fingerprint density at radius 3 is 1.98 bits per heavy atom. The van der Waals surface area contributed by atoms with Gasteiger partial charge in [-0.1, -0.05) is 173 Å². The molecule has 8 aromatic rings. The minimum Gasteiger partial charge on any atom is -0.507 e. The standard InChI is InChI=1S/C60H65N3O/c1-37(2)43-33-49(38(3)4)56(64)51(34-43)57-62-55-48(44-30-45(32-47(31-44)58(6,7)8)52-35-42(28-29-61-52)40-24-22-39(5)23-25-40)20-17-21-54(55)63(57)53-27-26-46(60(12,13)59(9,10)11)36-50(53)41-18-15-14-16-19-41/h14-38,64H,1-13H3/i5D3,22D,23D,24D,25D. The van der Waals surface area contributed by atoms with E-state index in [-0.39, 0.29) is 39.4 Å². The molecule has 326 valence electrons. The van der Waals surface area contributed by atoms with Crippen molar-refractivity contribution in [2.24, 2.45) is 5.41 Å². The van der Waals surface area contributed by atoms with Crippen LogP contribution >= 0.6 is 0 Å². The summed E-state index contributed by atoms with van der Waals surface area (Å²) in [5.41, 5.74) is 11.7. The second kappa shape index (κ2) is 16.7. The summed E-state index contributed by atoms with van der Waals surface area (Å²) < 4.78 is 60.9. The van der Waals surface area contributed by atoms with Gasteiger partial charge in [-0.25, -0.2) is 4.98 Å². The molecular formula is C60H65N3O. The van der Waals surface area contributed by atoms with E-state index in [1.54, 1.807) is 18.3 Å². The van der Waals surface area contributed by atoms with Gasteiger partial charge in [-0.2, -0.15) is 0 Å². The first kappa shape index (κ1) is 36.1. The van der Waals surface area contributed by atoms with Gasteiger partial charge >= 0.3 is 0 Å². The first-order valence-corrected chi connectivity index (χ1v) is 22.4. The number of nitrogens with zero attached hydrogens (tertiary/aromatic N) is 3. The van der Waals surface area contributed by atoms with E-state index in [0.29, 0.717) is 22.6 Å². The van der Waals surface area contributed by atoms with E-state index in [9.17, 15) is 5.11 Å². The van der Waals surface area contributed by atoms with Gasteiger partial charge < -0.3 is 5.11 Å². The summed E-state index contributed by atoms with van der Waals surface area (Å²) in [7, 11) is 0. The van der Waals surface area contributed by atoms with Crippen molar-refractivity contribution in [3.8, 4) is 67.5 Å². The average molecular weight is 851 g/mol. The highest BCUT2D eigenvalue weighted by atomic mass is 16.3. The molecule has 0 saturated heterocycles. The van der Waals surface area contributed by atoms with Crippen LogP contribution in [0.15, 0.2) is 140 Å². The van der Waals surface area contributed by atoms with E-state index in [0.717, 1.165) is 61.2 Å². The number of aromatic hydroxyl groups is 1. The molecule has 0 aliphatic rings. The maximum absolute atomic E-state index is 12.4. The predicted molar refractivity (Wildman–Crippen MR) is 272 cm³/mol. The topological polar surface area (TPSA) is 50.9 Å². The van der Waals surface area contributed by atoms with Crippen LogP contribution in [-0.2, 0) is 10.8 Å². The minimum atomic E-state index is -2.82. The molecule has 0 spiro atoms. The molecule has 0 aliphatic carbocycles. The lowest BCUT2D eigenvalue weighted by molar-refractivity contribution is 0.225. The molecule has 0 amide bonds. The molecule has 0 radical (unpaired) electrons. The monoisotopic (exact) mass is 851 g/mol. The number of para-hydroxylation sites is 1. The number of pyridine rings is 1. The third-order valence-corrected chi connectivity index (χ3v) is 13.4. The summed E-state index contributed by atoms with van der Waals surface area (Å²) in [5, 5.41) is 12.4. The average Bonchev–Trinajstić information content (AvgIpc) is 3.69. The lowest BCUT2D eigenvalue weighted by Gasteiger charge is -2.40. The SMILES string of the molecule is [2H]c1c([2H])c(C([2H])([2H])[2H])c([2H])c([2H])c1-c1ccnc(-c2cc(-c3cccc4c3nc(-c3cc(C(C)C)cc(C(C)C)c3O)n4-c3ccc(C(C)(C)C(C)(C)C)cc3-c3ccccc3)cc(C(C)(C)C)c2)c1. The smallest absolute Gasteiger partial charge is 0.149 e. The fourth-order valence-electron chi connectivity index (χ4n) is 8.35. The van der Waals surface area contributed by atoms with Crippen LogP contribution in [0.25, 0.3) is 72.7 Å². The van der Waals surface area contributed by atoms with Gasteiger partial charge in [-0.3, -0.25) is 9.55 Å². The second-order valence-electron chi connectivity index (χ2n) is 20.5. The van der Waals surface area contributed by atoms with Crippen LogP contribution in [-0.4, -0.2) is 19.6 Å². The quantitative estimate of drug-likeness (QED) is 0.157. The van der Waals surface area contributed by atoms with Gasteiger partial charge in [0.1, 0.15) is 11.6 Å². The molecule has 2 aromatic heterocycles. The molecule has 0 bridgehead atoms. The van der Waals surface area contributed by atoms with Gasteiger partial charge in [0.15, 0.2) is 0 Å². The summed E-state index contributed by atoms with van der Waals surface area (Å²) in [6.45, 7) is 23.6. The highest BCUT2D eigenvalue weighted by Crippen LogP contribution is 2.47. The van der Waals surface area contributed by atoms with Crippen molar-refractivity contribution in [3.05, 3.63) is 167 Å². The molecule has 1 N–H and O–H groups in total. The minimum absolute atomic E-state index is 0.00183. The number of aromatic nitrogens is 3. The van der Waals surface area contributed by atoms with E-state index < -0.39 is 36.6 Å². The van der Waals surface area contributed by atoms with E-state index in [1.807, 2.05) is 6.07 Å². The van der Waals surface area contributed by atoms with Crippen LogP contribution in [0.5, 0.6) is 5.75 Å². The van der Waals surface area contributed by atoms with Gasteiger partial charge in [0.05, 0.1) is 33.5 Å². The number of hydrogen-bond acceptors (Lipinski definition) is 3.